The maximum absolute atomic E-state index is 11.4. The Kier molecular flexibility index (Phi) is 18.5. The molecule has 1 N–H and O–H groups in total. The number of halogens is 4. The van der Waals surface area contributed by atoms with Gasteiger partial charge in [0, 0.05) is 35.9 Å². The third kappa shape index (κ3) is 15.7. The molecule has 2 fully saturated rings. The van der Waals surface area contributed by atoms with Crippen LogP contribution in [0.25, 0.3) is 0 Å². The Morgan fingerprint density at radius 3 is 1.53 bits per heavy atom. The topological polar surface area (TPSA) is 111 Å². The van der Waals surface area contributed by atoms with Crippen molar-refractivity contribution in [1.29, 1.82) is 0 Å². The zero-order valence-electron chi connectivity index (χ0n) is 35.0. The summed E-state index contributed by atoms with van der Waals surface area (Å²) < 4.78 is 79.1. The van der Waals surface area contributed by atoms with Gasteiger partial charge in [-0.15, -0.1) is 0 Å². The highest BCUT2D eigenvalue weighted by atomic mass is 35.7. The van der Waals surface area contributed by atoms with Crippen molar-refractivity contribution < 1.29 is 39.3 Å². The van der Waals surface area contributed by atoms with Crippen LogP contribution in [-0.2, 0) is 44.9 Å². The minimum Gasteiger partial charge on any atom is -0.508 e. The second-order valence-corrected chi connectivity index (χ2v) is 21.0. The lowest BCUT2D eigenvalue weighted by Crippen LogP contribution is -2.44. The summed E-state index contributed by atoms with van der Waals surface area (Å²) in [6.07, 6.45) is 15.6. The van der Waals surface area contributed by atoms with Crippen molar-refractivity contribution in [1.82, 2.24) is 19.6 Å². The van der Waals surface area contributed by atoms with Crippen molar-refractivity contribution in [3.8, 4) is 11.5 Å². The van der Waals surface area contributed by atoms with E-state index >= 15 is 0 Å². The molecular formula is C42H66ClF3N4O6S2. The van der Waals surface area contributed by atoms with Gasteiger partial charge in [0.1, 0.15) is 11.5 Å². The summed E-state index contributed by atoms with van der Waals surface area (Å²) in [7, 11) is -0.535. The molecule has 0 spiro atoms. The second-order valence-electron chi connectivity index (χ2n) is 16.8. The van der Waals surface area contributed by atoms with E-state index in [4.69, 9.17) is 4.18 Å². The zero-order valence-corrected chi connectivity index (χ0v) is 37.4. The summed E-state index contributed by atoms with van der Waals surface area (Å²) in [5, 5.41) is 9.78. The number of aryl methyl sites for hydroxylation is 2. The Morgan fingerprint density at radius 1 is 0.724 bits per heavy atom. The molecule has 2 saturated heterocycles. The third-order valence-corrected chi connectivity index (χ3v) is 13.6. The van der Waals surface area contributed by atoms with Crippen LogP contribution in [0.5, 0.6) is 11.5 Å². The summed E-state index contributed by atoms with van der Waals surface area (Å²) in [5.74, 6) is 2.52. The normalized spacial score (nSPS) is 21.4. The van der Waals surface area contributed by atoms with Gasteiger partial charge in [0.2, 0.25) is 0 Å². The maximum Gasteiger partial charge on any atom is 0.511 e. The van der Waals surface area contributed by atoms with Gasteiger partial charge in [-0.25, -0.2) is 8.42 Å². The Morgan fingerprint density at radius 2 is 1.14 bits per heavy atom. The van der Waals surface area contributed by atoms with Gasteiger partial charge in [-0.1, -0.05) is 26.0 Å². The minimum absolute atomic E-state index is 0.418. The summed E-state index contributed by atoms with van der Waals surface area (Å²) in [4.78, 5) is 10.3. The summed E-state index contributed by atoms with van der Waals surface area (Å²) in [5.41, 5.74) is 0.0643. The number of benzene rings is 2. The van der Waals surface area contributed by atoms with E-state index < -0.39 is 24.7 Å². The van der Waals surface area contributed by atoms with Crippen LogP contribution in [0.3, 0.4) is 0 Å². The summed E-state index contributed by atoms with van der Waals surface area (Å²) in [6.45, 7) is 14.3. The highest BCUT2D eigenvalue weighted by molar-refractivity contribution is 8.14. The molecular weight excluding hydrogens is 813 g/mol. The van der Waals surface area contributed by atoms with Crippen LogP contribution >= 0.6 is 10.7 Å². The molecule has 16 heteroatoms. The average Bonchev–Trinajstić information content (AvgIpc) is 3.14. The fraction of sp³-hybridized carbons (Fsp3) is 0.714. The lowest BCUT2D eigenvalue weighted by atomic mass is 9.86. The number of likely N-dealkylation sites (tertiary alicyclic amines) is 2. The monoisotopic (exact) mass is 878 g/mol. The molecule has 0 amide bonds. The number of rotatable bonds is 12. The molecule has 58 heavy (non-hydrogen) atoms. The number of piperidine rings is 2. The first-order chi connectivity index (χ1) is 27.2. The first kappa shape index (κ1) is 48.5. The number of hydrogen-bond acceptors (Lipinski definition) is 10. The Balaban J connectivity index is 0.000000218. The Hall–Kier alpha value is -2.14. The highest BCUT2D eigenvalue weighted by Crippen LogP contribution is 2.32. The van der Waals surface area contributed by atoms with Gasteiger partial charge in [0.05, 0.1) is 6.26 Å². The number of alkyl halides is 3. The van der Waals surface area contributed by atoms with Crippen LogP contribution in [0.4, 0.5) is 13.2 Å². The van der Waals surface area contributed by atoms with Gasteiger partial charge in [-0.05, 0) is 189 Å². The van der Waals surface area contributed by atoms with E-state index in [1.807, 2.05) is 24.3 Å². The van der Waals surface area contributed by atoms with Gasteiger partial charge in [0.25, 0.3) is 0 Å². The Labute approximate surface area is 350 Å². The molecule has 2 aliphatic heterocycles. The van der Waals surface area contributed by atoms with Gasteiger partial charge < -0.3 is 19.1 Å². The Bertz CT molecular complexity index is 1800. The molecule has 0 aromatic heterocycles. The van der Waals surface area contributed by atoms with Gasteiger partial charge >= 0.3 is 24.7 Å². The molecule has 2 heterocycles. The lowest BCUT2D eigenvalue weighted by Gasteiger charge is -2.39. The van der Waals surface area contributed by atoms with Crippen molar-refractivity contribution in [2.24, 2.45) is 11.8 Å². The molecule has 4 aliphatic rings. The quantitative estimate of drug-likeness (QED) is 0.172. The van der Waals surface area contributed by atoms with E-state index in [0.717, 1.165) is 50.3 Å². The molecule has 6 rings (SSSR count). The van der Waals surface area contributed by atoms with Crippen molar-refractivity contribution in [3.63, 3.8) is 0 Å². The first-order valence-electron chi connectivity index (χ1n) is 20.9. The zero-order chi connectivity index (χ0) is 42.7. The average molecular weight is 880 g/mol. The van der Waals surface area contributed by atoms with Crippen molar-refractivity contribution >= 4 is 29.9 Å². The van der Waals surface area contributed by atoms with Crippen LogP contribution in [0.2, 0.25) is 0 Å². The number of nitrogens with zero attached hydrogens (tertiary/aromatic N) is 4. The molecule has 0 saturated carbocycles. The van der Waals surface area contributed by atoms with Crippen LogP contribution in [0.15, 0.2) is 36.4 Å². The summed E-state index contributed by atoms with van der Waals surface area (Å²) in [6, 6.07) is 12.9. The summed E-state index contributed by atoms with van der Waals surface area (Å²) >= 11 is 0. The predicted molar refractivity (Wildman–Crippen MR) is 227 cm³/mol. The number of aromatic hydroxyl groups is 1. The molecule has 2 unspecified atom stereocenters. The van der Waals surface area contributed by atoms with E-state index in [0.29, 0.717) is 23.6 Å². The molecule has 0 bridgehead atoms. The second kappa shape index (κ2) is 22.1. The van der Waals surface area contributed by atoms with E-state index in [2.05, 4.69) is 64.3 Å². The number of phenolic OH excluding ortho intramolecular Hbond substituents is 1. The van der Waals surface area contributed by atoms with Gasteiger partial charge in [-0.2, -0.15) is 21.6 Å². The molecule has 2 aromatic rings. The minimum atomic E-state index is -5.37. The van der Waals surface area contributed by atoms with Gasteiger partial charge in [0.15, 0.2) is 0 Å². The molecule has 2 atom stereocenters. The maximum atomic E-state index is 11.4. The van der Waals surface area contributed by atoms with Crippen LogP contribution in [-0.4, -0.2) is 132 Å². The number of hydrogen-bond donors (Lipinski definition) is 1. The predicted octanol–water partition coefficient (Wildman–Crippen LogP) is 7.31. The third-order valence-electron chi connectivity index (χ3n) is 12.0. The first-order valence-corrected chi connectivity index (χ1v) is 25.0. The molecule has 10 nitrogen and oxygen atoms in total. The van der Waals surface area contributed by atoms with E-state index in [-0.39, 0.29) is 0 Å². The van der Waals surface area contributed by atoms with Crippen LogP contribution < -0.4 is 4.18 Å². The molecule has 330 valence electrons. The molecule has 2 aliphatic carbocycles. The van der Waals surface area contributed by atoms with Crippen molar-refractivity contribution in [2.45, 2.75) is 108 Å². The SMILES string of the molecule is CCCN(CC1CCN(C)CC1)C1CCc2ccc(O)cc2C1.CCCN(CC1CCN(C)CC1)C1CCc2ccc(OS(C)(=O)=O)cc2C1.O=S(=O)(Cl)C(F)(F)F. The van der Waals surface area contributed by atoms with Crippen molar-refractivity contribution in [2.75, 3.05) is 72.7 Å². The molecule has 0 radical (unpaired) electrons. The highest BCUT2D eigenvalue weighted by Gasteiger charge is 2.44. The fourth-order valence-corrected chi connectivity index (χ4v) is 9.31. The van der Waals surface area contributed by atoms with E-state index in [1.165, 1.54) is 119 Å². The lowest BCUT2D eigenvalue weighted by molar-refractivity contribution is -0.0412. The van der Waals surface area contributed by atoms with Crippen LogP contribution in [0.1, 0.15) is 87.5 Å². The number of fused-ring (bicyclic) bond motifs is 2. The van der Waals surface area contributed by atoms with Gasteiger partial charge in [-0.3, -0.25) is 9.80 Å². The smallest absolute Gasteiger partial charge is 0.508 e. The fourth-order valence-electron chi connectivity index (χ4n) is 8.86. The van der Waals surface area contributed by atoms with E-state index in [9.17, 15) is 35.1 Å². The van der Waals surface area contributed by atoms with Crippen molar-refractivity contribution in [3.05, 3.63) is 58.7 Å². The molecule has 2 aromatic carbocycles. The largest absolute Gasteiger partial charge is 0.511 e. The standard InChI is InChI=1S/C21H34N2O3S.C20H32N2O.CClF3O2S/c1-4-11-23(16-17-9-12-22(2)13-10-17)20-7-5-18-6-8-21(15-19(18)14-20)26-27(3,24)25;1-3-10-22(15-16-8-11-21(2)12-9-16)19-6-4-17-5-7-20(23)14-18(17)13-19;2-8(6,7)1(3,4)5/h6,8,15,17,20H,4-5,7,9-14,16H2,1-3H3;5,7,14,16,19,23H,3-4,6,8-13,15H2,1-2H3;. The number of phenols is 1. The van der Waals surface area contributed by atoms with Crippen LogP contribution in [0, 0.1) is 11.8 Å². The van der Waals surface area contributed by atoms with E-state index in [1.54, 1.807) is 6.07 Å².